The fourth-order valence-electron chi connectivity index (χ4n) is 1.77. The highest BCUT2D eigenvalue weighted by Gasteiger charge is 2.10. The van der Waals surface area contributed by atoms with Gasteiger partial charge >= 0.3 is 0 Å². The number of hydrogen-bond acceptors (Lipinski definition) is 3. The number of ether oxygens (including phenoxy) is 1. The molecule has 2 aromatic rings. The Kier molecular flexibility index (Phi) is 3.89. The minimum atomic E-state index is -0.173. The van der Waals surface area contributed by atoms with Crippen LogP contribution in [0.3, 0.4) is 0 Å². The molecule has 0 amide bonds. The van der Waals surface area contributed by atoms with E-state index in [-0.39, 0.29) is 6.04 Å². The maximum atomic E-state index is 6.22. The lowest BCUT2D eigenvalue weighted by molar-refractivity contribution is 0.412. The Hall–Kier alpha value is -1.52. The Balaban J connectivity index is 2.31. The molecular formula is C14H15BrN2O. The SMILES string of the molecule is COc1ccc(C(N)c2ccc(N)cc2)cc1Br. The first-order valence-corrected chi connectivity index (χ1v) is 6.35. The Morgan fingerprint density at radius 3 is 2.22 bits per heavy atom. The average Bonchev–Trinajstić information content (AvgIpc) is 2.38. The van der Waals surface area contributed by atoms with Crippen molar-refractivity contribution >= 4 is 21.6 Å². The zero-order valence-electron chi connectivity index (χ0n) is 10.1. The predicted octanol–water partition coefficient (Wildman–Crippen LogP) is 3.09. The topological polar surface area (TPSA) is 61.3 Å². The van der Waals surface area contributed by atoms with Crippen molar-refractivity contribution in [3.05, 3.63) is 58.1 Å². The first kappa shape index (κ1) is 12.9. The Morgan fingerprint density at radius 1 is 1.06 bits per heavy atom. The first-order valence-electron chi connectivity index (χ1n) is 5.56. The molecule has 0 saturated heterocycles. The summed E-state index contributed by atoms with van der Waals surface area (Å²) in [6, 6.07) is 13.3. The first-order chi connectivity index (χ1) is 8.61. The summed E-state index contributed by atoms with van der Waals surface area (Å²) in [5, 5.41) is 0. The van der Waals surface area contributed by atoms with Gasteiger partial charge in [-0.2, -0.15) is 0 Å². The molecule has 0 heterocycles. The molecule has 4 N–H and O–H groups in total. The van der Waals surface area contributed by atoms with E-state index in [1.807, 2.05) is 42.5 Å². The van der Waals surface area contributed by atoms with Gasteiger partial charge in [0.05, 0.1) is 17.6 Å². The molecule has 2 rings (SSSR count). The molecule has 2 aromatic carbocycles. The second-order valence-electron chi connectivity index (χ2n) is 4.04. The Labute approximate surface area is 115 Å². The van der Waals surface area contributed by atoms with Crippen LogP contribution >= 0.6 is 15.9 Å². The number of anilines is 1. The molecule has 94 valence electrons. The van der Waals surface area contributed by atoms with Crippen LogP contribution in [0.2, 0.25) is 0 Å². The van der Waals surface area contributed by atoms with Crippen molar-refractivity contribution in [2.75, 3.05) is 12.8 Å². The zero-order chi connectivity index (χ0) is 13.1. The minimum absolute atomic E-state index is 0.173. The highest BCUT2D eigenvalue weighted by molar-refractivity contribution is 9.10. The molecule has 0 bridgehead atoms. The van der Waals surface area contributed by atoms with Crippen LogP contribution in [0.25, 0.3) is 0 Å². The lowest BCUT2D eigenvalue weighted by Crippen LogP contribution is -2.11. The minimum Gasteiger partial charge on any atom is -0.496 e. The smallest absolute Gasteiger partial charge is 0.133 e. The lowest BCUT2D eigenvalue weighted by Gasteiger charge is -2.14. The molecule has 0 aromatic heterocycles. The number of nitrogen functional groups attached to an aromatic ring is 1. The molecule has 0 spiro atoms. The number of methoxy groups -OCH3 is 1. The van der Waals surface area contributed by atoms with Gasteiger partial charge in [-0.15, -0.1) is 0 Å². The van der Waals surface area contributed by atoms with Crippen molar-refractivity contribution in [3.63, 3.8) is 0 Å². The number of halogens is 1. The van der Waals surface area contributed by atoms with Gasteiger partial charge in [0.1, 0.15) is 5.75 Å². The standard InChI is InChI=1S/C14H15BrN2O/c1-18-13-7-4-10(8-12(13)15)14(17)9-2-5-11(16)6-3-9/h2-8,14H,16-17H2,1H3. The van der Waals surface area contributed by atoms with Crippen molar-refractivity contribution < 1.29 is 4.74 Å². The van der Waals surface area contributed by atoms with Crippen LogP contribution in [0, 0.1) is 0 Å². The molecule has 3 nitrogen and oxygen atoms in total. The largest absolute Gasteiger partial charge is 0.496 e. The summed E-state index contributed by atoms with van der Waals surface area (Å²) >= 11 is 3.46. The number of nitrogens with two attached hydrogens (primary N) is 2. The summed E-state index contributed by atoms with van der Waals surface area (Å²) in [4.78, 5) is 0. The molecule has 18 heavy (non-hydrogen) atoms. The van der Waals surface area contributed by atoms with E-state index >= 15 is 0 Å². The van der Waals surface area contributed by atoms with Gasteiger partial charge in [0.25, 0.3) is 0 Å². The summed E-state index contributed by atoms with van der Waals surface area (Å²) in [6.07, 6.45) is 0. The Morgan fingerprint density at radius 2 is 1.67 bits per heavy atom. The van der Waals surface area contributed by atoms with E-state index in [0.717, 1.165) is 27.0 Å². The highest BCUT2D eigenvalue weighted by atomic mass is 79.9. The van der Waals surface area contributed by atoms with Crippen LogP contribution in [0.5, 0.6) is 5.75 Å². The van der Waals surface area contributed by atoms with Gasteiger partial charge in [-0.3, -0.25) is 0 Å². The molecule has 1 atom stereocenters. The quantitative estimate of drug-likeness (QED) is 0.857. The summed E-state index contributed by atoms with van der Waals surface area (Å²) < 4.78 is 6.09. The summed E-state index contributed by atoms with van der Waals surface area (Å²) in [7, 11) is 1.64. The zero-order valence-corrected chi connectivity index (χ0v) is 11.6. The number of benzene rings is 2. The number of hydrogen-bond donors (Lipinski definition) is 2. The maximum Gasteiger partial charge on any atom is 0.133 e. The third-order valence-electron chi connectivity index (χ3n) is 2.83. The molecule has 1 unspecified atom stereocenters. The van der Waals surface area contributed by atoms with Crippen LogP contribution < -0.4 is 16.2 Å². The van der Waals surface area contributed by atoms with Crippen LogP contribution in [-0.4, -0.2) is 7.11 Å². The predicted molar refractivity (Wildman–Crippen MR) is 77.6 cm³/mol. The Bertz CT molecular complexity index is 540. The van der Waals surface area contributed by atoms with Gasteiger partial charge in [0.15, 0.2) is 0 Å². The average molecular weight is 307 g/mol. The molecular weight excluding hydrogens is 292 g/mol. The summed E-state index contributed by atoms with van der Waals surface area (Å²) in [6.45, 7) is 0. The van der Waals surface area contributed by atoms with E-state index in [4.69, 9.17) is 16.2 Å². The van der Waals surface area contributed by atoms with Gasteiger partial charge in [0.2, 0.25) is 0 Å². The fraction of sp³-hybridized carbons (Fsp3) is 0.143. The highest BCUT2D eigenvalue weighted by Crippen LogP contribution is 2.29. The van der Waals surface area contributed by atoms with E-state index in [2.05, 4.69) is 15.9 Å². The van der Waals surface area contributed by atoms with Gasteiger partial charge in [-0.25, -0.2) is 0 Å². The third-order valence-corrected chi connectivity index (χ3v) is 3.45. The summed E-state index contributed by atoms with van der Waals surface area (Å²) in [5.74, 6) is 0.795. The van der Waals surface area contributed by atoms with E-state index in [0.29, 0.717) is 0 Å². The second-order valence-corrected chi connectivity index (χ2v) is 4.89. The van der Waals surface area contributed by atoms with Crippen molar-refractivity contribution in [2.24, 2.45) is 5.73 Å². The molecule has 0 saturated carbocycles. The van der Waals surface area contributed by atoms with E-state index < -0.39 is 0 Å². The molecule has 0 radical (unpaired) electrons. The second kappa shape index (κ2) is 5.42. The van der Waals surface area contributed by atoms with Gasteiger partial charge in [0, 0.05) is 5.69 Å². The van der Waals surface area contributed by atoms with E-state index in [1.54, 1.807) is 7.11 Å². The van der Waals surface area contributed by atoms with Crippen molar-refractivity contribution in [1.82, 2.24) is 0 Å². The monoisotopic (exact) mass is 306 g/mol. The van der Waals surface area contributed by atoms with Gasteiger partial charge in [-0.1, -0.05) is 18.2 Å². The van der Waals surface area contributed by atoms with Crippen molar-refractivity contribution in [2.45, 2.75) is 6.04 Å². The molecule has 0 aliphatic heterocycles. The molecule has 0 fully saturated rings. The van der Waals surface area contributed by atoms with Crippen LogP contribution in [0.4, 0.5) is 5.69 Å². The van der Waals surface area contributed by atoms with Crippen LogP contribution in [0.1, 0.15) is 17.2 Å². The van der Waals surface area contributed by atoms with Gasteiger partial charge in [-0.05, 0) is 51.3 Å². The van der Waals surface area contributed by atoms with E-state index in [1.165, 1.54) is 0 Å². The van der Waals surface area contributed by atoms with Gasteiger partial charge < -0.3 is 16.2 Å². The van der Waals surface area contributed by atoms with E-state index in [9.17, 15) is 0 Å². The fourth-order valence-corrected chi connectivity index (χ4v) is 2.33. The van der Waals surface area contributed by atoms with Crippen molar-refractivity contribution in [1.29, 1.82) is 0 Å². The third kappa shape index (κ3) is 2.66. The van der Waals surface area contributed by atoms with Crippen molar-refractivity contribution in [3.8, 4) is 5.75 Å². The van der Waals surface area contributed by atoms with Crippen LogP contribution in [0.15, 0.2) is 46.9 Å². The molecule has 0 aliphatic rings. The lowest BCUT2D eigenvalue weighted by atomic mass is 9.99. The number of rotatable bonds is 3. The summed E-state index contributed by atoms with van der Waals surface area (Å²) in [5.41, 5.74) is 14.7. The molecule has 4 heteroatoms. The van der Waals surface area contributed by atoms with Crippen LogP contribution in [-0.2, 0) is 0 Å². The normalized spacial score (nSPS) is 12.2. The maximum absolute atomic E-state index is 6.22. The molecule has 0 aliphatic carbocycles.